The van der Waals surface area contributed by atoms with Crippen molar-refractivity contribution in [2.75, 3.05) is 7.11 Å². The molecule has 0 aliphatic heterocycles. The average Bonchev–Trinajstić information content (AvgIpc) is 3.11. The Hall–Kier alpha value is -1.16. The number of methoxy groups -OCH3 is 1. The van der Waals surface area contributed by atoms with E-state index in [0.717, 1.165) is 12.8 Å². The van der Waals surface area contributed by atoms with Gasteiger partial charge in [0.05, 0.1) is 7.11 Å². The van der Waals surface area contributed by atoms with E-state index >= 15 is 0 Å². The van der Waals surface area contributed by atoms with Crippen molar-refractivity contribution >= 4 is 0 Å². The Balaban J connectivity index is 1.86. The summed E-state index contributed by atoms with van der Waals surface area (Å²) in [7, 11) is 1.39. The smallest absolute Gasteiger partial charge is 0.134 e. The van der Waals surface area contributed by atoms with E-state index in [9.17, 15) is 8.78 Å². The molecule has 1 aromatic carbocycles. The van der Waals surface area contributed by atoms with Crippen LogP contribution in [-0.4, -0.2) is 7.11 Å². The van der Waals surface area contributed by atoms with Crippen LogP contribution >= 0.6 is 0 Å². The first kappa shape index (κ1) is 12.9. The maximum Gasteiger partial charge on any atom is 0.134 e. The van der Waals surface area contributed by atoms with E-state index in [4.69, 9.17) is 10.5 Å². The van der Waals surface area contributed by atoms with E-state index in [1.165, 1.54) is 32.1 Å². The van der Waals surface area contributed by atoms with Crippen molar-refractivity contribution in [2.45, 2.75) is 31.7 Å². The van der Waals surface area contributed by atoms with Crippen LogP contribution in [0.15, 0.2) is 12.1 Å². The topological polar surface area (TPSA) is 35.2 Å². The lowest BCUT2D eigenvalue weighted by Gasteiger charge is -2.15. The molecule has 0 saturated heterocycles. The van der Waals surface area contributed by atoms with Gasteiger partial charge in [0.1, 0.15) is 17.4 Å². The Morgan fingerprint density at radius 2 is 1.68 bits per heavy atom. The molecule has 0 bridgehead atoms. The second-order valence-electron chi connectivity index (χ2n) is 5.72. The van der Waals surface area contributed by atoms with Gasteiger partial charge in [0.15, 0.2) is 0 Å². The largest absolute Gasteiger partial charge is 0.497 e. The monoisotopic (exact) mass is 267 g/mol. The highest BCUT2D eigenvalue weighted by atomic mass is 19.1. The number of halogens is 2. The highest BCUT2D eigenvalue weighted by Gasteiger charge is 2.54. The van der Waals surface area contributed by atoms with Crippen LogP contribution in [0.5, 0.6) is 5.75 Å². The first-order chi connectivity index (χ1) is 9.13. The van der Waals surface area contributed by atoms with Gasteiger partial charge in [-0.2, -0.15) is 0 Å². The Labute approximate surface area is 111 Å². The molecule has 104 valence electrons. The van der Waals surface area contributed by atoms with Crippen LogP contribution in [-0.2, 0) is 0 Å². The number of fused-ring (bicyclic) bond motifs is 1. The van der Waals surface area contributed by atoms with Gasteiger partial charge in [-0.3, -0.25) is 0 Å². The predicted octanol–water partition coefficient (Wildman–Crippen LogP) is 3.41. The Morgan fingerprint density at radius 1 is 1.16 bits per heavy atom. The minimum absolute atomic E-state index is 0.0280. The lowest BCUT2D eigenvalue weighted by Crippen LogP contribution is -2.18. The molecule has 0 radical (unpaired) electrons. The van der Waals surface area contributed by atoms with Crippen molar-refractivity contribution < 1.29 is 13.5 Å². The van der Waals surface area contributed by atoms with Gasteiger partial charge >= 0.3 is 0 Å². The number of ether oxygens (including phenoxy) is 1. The number of hydrogen-bond donors (Lipinski definition) is 1. The Kier molecular flexibility index (Phi) is 3.21. The van der Waals surface area contributed by atoms with Crippen molar-refractivity contribution in [1.82, 2.24) is 0 Å². The summed E-state index contributed by atoms with van der Waals surface area (Å²) in [4.78, 5) is 0. The zero-order valence-corrected chi connectivity index (χ0v) is 11.0. The van der Waals surface area contributed by atoms with Crippen molar-refractivity contribution in [3.05, 3.63) is 29.3 Å². The lowest BCUT2D eigenvalue weighted by molar-refractivity contribution is 0.401. The van der Waals surface area contributed by atoms with Gasteiger partial charge in [0.25, 0.3) is 0 Å². The summed E-state index contributed by atoms with van der Waals surface area (Å²) >= 11 is 0. The molecule has 2 aliphatic rings. The van der Waals surface area contributed by atoms with Crippen LogP contribution in [0.25, 0.3) is 0 Å². The number of hydrogen-bond acceptors (Lipinski definition) is 2. The quantitative estimate of drug-likeness (QED) is 0.910. The van der Waals surface area contributed by atoms with E-state index in [1.807, 2.05) is 0 Å². The number of nitrogens with two attached hydrogens (primary N) is 1. The molecule has 3 rings (SSSR count). The van der Waals surface area contributed by atoms with Gasteiger partial charge < -0.3 is 10.5 Å². The molecule has 0 heterocycles. The van der Waals surface area contributed by atoms with E-state index in [2.05, 4.69) is 0 Å². The minimum Gasteiger partial charge on any atom is -0.497 e. The summed E-state index contributed by atoms with van der Waals surface area (Å²) in [6.07, 6.45) is 4.75. The highest BCUT2D eigenvalue weighted by molar-refractivity contribution is 5.33. The van der Waals surface area contributed by atoms with Crippen molar-refractivity contribution in [2.24, 2.45) is 23.5 Å². The fourth-order valence-electron chi connectivity index (χ4n) is 3.77. The average molecular weight is 267 g/mol. The third-order valence-corrected chi connectivity index (χ3v) is 4.76. The number of benzene rings is 1. The van der Waals surface area contributed by atoms with Crippen LogP contribution < -0.4 is 10.5 Å². The van der Waals surface area contributed by atoms with Gasteiger partial charge in [-0.15, -0.1) is 0 Å². The summed E-state index contributed by atoms with van der Waals surface area (Å²) in [5.41, 5.74) is 6.16. The Morgan fingerprint density at radius 3 is 2.16 bits per heavy atom. The van der Waals surface area contributed by atoms with Crippen molar-refractivity contribution in [3.63, 3.8) is 0 Å². The SMILES string of the molecule is COc1cc(F)c(C(N)C2C3CCCCC32)c(F)c1. The molecule has 2 N–H and O–H groups in total. The van der Waals surface area contributed by atoms with Crippen LogP contribution in [0.2, 0.25) is 0 Å². The minimum atomic E-state index is -0.590. The van der Waals surface area contributed by atoms with Gasteiger partial charge in [-0.25, -0.2) is 8.78 Å². The molecule has 0 spiro atoms. The third-order valence-electron chi connectivity index (χ3n) is 4.76. The normalized spacial score (nSPS) is 30.6. The molecule has 4 heteroatoms. The molecular weight excluding hydrogens is 248 g/mol. The molecule has 2 nitrogen and oxygen atoms in total. The molecule has 2 aliphatic carbocycles. The fourth-order valence-corrected chi connectivity index (χ4v) is 3.77. The Bertz CT molecular complexity index is 456. The summed E-state index contributed by atoms with van der Waals surface area (Å²) < 4.78 is 32.9. The van der Waals surface area contributed by atoms with E-state index in [0.29, 0.717) is 11.8 Å². The lowest BCUT2D eigenvalue weighted by atomic mass is 9.99. The molecule has 3 atom stereocenters. The zero-order chi connectivity index (χ0) is 13.6. The molecule has 0 aromatic heterocycles. The first-order valence-electron chi connectivity index (χ1n) is 6.92. The van der Waals surface area contributed by atoms with Crippen molar-refractivity contribution in [1.29, 1.82) is 0 Å². The molecule has 0 amide bonds. The number of rotatable bonds is 3. The molecule has 19 heavy (non-hydrogen) atoms. The van der Waals surface area contributed by atoms with E-state index < -0.39 is 17.7 Å². The maximum absolute atomic E-state index is 14.0. The standard InChI is InChI=1S/C15H19F2NO/c1-19-8-6-11(16)14(12(17)7-8)15(18)13-9-4-2-3-5-10(9)13/h6-7,9-10,13,15H,2-5,18H2,1H3. The van der Waals surface area contributed by atoms with Gasteiger partial charge in [0.2, 0.25) is 0 Å². The van der Waals surface area contributed by atoms with Gasteiger partial charge in [0, 0.05) is 23.7 Å². The van der Waals surface area contributed by atoms with Crippen LogP contribution in [0, 0.1) is 29.4 Å². The molecule has 2 saturated carbocycles. The van der Waals surface area contributed by atoms with Crippen LogP contribution in [0.4, 0.5) is 8.78 Å². The van der Waals surface area contributed by atoms with Crippen LogP contribution in [0.3, 0.4) is 0 Å². The highest BCUT2D eigenvalue weighted by Crippen LogP contribution is 2.60. The van der Waals surface area contributed by atoms with Gasteiger partial charge in [-0.05, 0) is 30.6 Å². The fraction of sp³-hybridized carbons (Fsp3) is 0.600. The van der Waals surface area contributed by atoms with Crippen molar-refractivity contribution in [3.8, 4) is 5.75 Å². The summed E-state index contributed by atoms with van der Waals surface area (Å²) in [6.45, 7) is 0. The summed E-state index contributed by atoms with van der Waals surface area (Å²) in [5.74, 6) is 0.411. The third kappa shape index (κ3) is 2.12. The van der Waals surface area contributed by atoms with Crippen LogP contribution in [0.1, 0.15) is 37.3 Å². The molecule has 2 fully saturated rings. The predicted molar refractivity (Wildman–Crippen MR) is 68.8 cm³/mol. The molecule has 1 aromatic rings. The zero-order valence-electron chi connectivity index (χ0n) is 11.0. The van der Waals surface area contributed by atoms with E-state index in [-0.39, 0.29) is 17.2 Å². The van der Waals surface area contributed by atoms with E-state index in [1.54, 1.807) is 0 Å². The van der Waals surface area contributed by atoms with Gasteiger partial charge in [-0.1, -0.05) is 12.8 Å². The maximum atomic E-state index is 14.0. The second-order valence-corrected chi connectivity index (χ2v) is 5.72. The second kappa shape index (κ2) is 4.75. The first-order valence-corrected chi connectivity index (χ1v) is 6.92. The molecular formula is C15H19F2NO. The summed E-state index contributed by atoms with van der Waals surface area (Å²) in [6, 6.07) is 1.90. The molecule has 3 unspecified atom stereocenters. The summed E-state index contributed by atoms with van der Waals surface area (Å²) in [5, 5.41) is 0.